The Morgan fingerprint density at radius 3 is 1.55 bits per heavy atom. The average molecular weight is 439 g/mol. The van der Waals surface area contributed by atoms with Gasteiger partial charge in [0.2, 0.25) is 0 Å². The summed E-state index contributed by atoms with van der Waals surface area (Å²) in [7, 11) is 0. The van der Waals surface area contributed by atoms with Gasteiger partial charge in [0, 0.05) is 0 Å². The molecule has 5 nitrogen and oxygen atoms in total. The maximum absolute atomic E-state index is 13.6. The van der Waals surface area contributed by atoms with Gasteiger partial charge in [-0.3, -0.25) is 9.59 Å². The van der Waals surface area contributed by atoms with Crippen LogP contribution in [0.4, 0.5) is 16.2 Å². The molecule has 5 heteroatoms. The van der Waals surface area contributed by atoms with E-state index in [4.69, 9.17) is 0 Å². The van der Waals surface area contributed by atoms with Gasteiger partial charge in [0.05, 0.1) is 11.4 Å². The molecule has 33 heavy (non-hydrogen) atoms. The first-order valence-electron chi connectivity index (χ1n) is 11.0. The monoisotopic (exact) mass is 438 g/mol. The standard InChI is InChI=1S/C28H26N2O3/c1-18(2)22-15-13-21(14-16-22)17-23-26(31)29(24-11-7-5-9-19(24)3)28(33)30(27(23)32)25-12-8-6-10-20(25)4/h5-18H,1-4H3. The molecule has 1 aliphatic rings. The number of aryl methyl sites for hydroxylation is 2. The fourth-order valence-corrected chi connectivity index (χ4v) is 3.93. The maximum atomic E-state index is 13.6. The molecule has 166 valence electrons. The van der Waals surface area contributed by atoms with Crippen LogP contribution in [0.3, 0.4) is 0 Å². The Bertz CT molecular complexity index is 1200. The van der Waals surface area contributed by atoms with E-state index >= 15 is 0 Å². The van der Waals surface area contributed by atoms with E-state index in [0.717, 1.165) is 32.1 Å². The maximum Gasteiger partial charge on any atom is 0.343 e. The van der Waals surface area contributed by atoms with Gasteiger partial charge in [-0.05, 0) is 60.2 Å². The molecular formula is C28H26N2O3. The number of urea groups is 1. The molecule has 0 unspecified atom stereocenters. The number of rotatable bonds is 4. The molecule has 3 aromatic rings. The second-order valence-corrected chi connectivity index (χ2v) is 8.52. The SMILES string of the molecule is Cc1ccccc1N1C(=O)C(=Cc2ccc(C(C)C)cc2)C(=O)N(c2ccccc2C)C1=O. The number of amides is 4. The quantitative estimate of drug-likeness (QED) is 0.370. The fourth-order valence-electron chi connectivity index (χ4n) is 3.93. The van der Waals surface area contributed by atoms with Crippen LogP contribution in [0.25, 0.3) is 6.08 Å². The molecule has 1 aliphatic heterocycles. The number of hydrogen-bond donors (Lipinski definition) is 0. The third kappa shape index (κ3) is 4.10. The first-order chi connectivity index (χ1) is 15.8. The van der Waals surface area contributed by atoms with Crippen LogP contribution in [-0.4, -0.2) is 17.8 Å². The third-order valence-corrected chi connectivity index (χ3v) is 5.88. The second-order valence-electron chi connectivity index (χ2n) is 8.52. The number of carbonyl (C=O) groups excluding carboxylic acids is 3. The normalized spacial score (nSPS) is 14.3. The molecule has 4 rings (SSSR count). The summed E-state index contributed by atoms with van der Waals surface area (Å²) >= 11 is 0. The number of nitrogens with zero attached hydrogens (tertiary/aromatic N) is 2. The van der Waals surface area contributed by atoms with Gasteiger partial charge in [-0.15, -0.1) is 0 Å². The molecule has 3 aromatic carbocycles. The lowest BCUT2D eigenvalue weighted by Crippen LogP contribution is -2.57. The number of para-hydroxylation sites is 2. The Balaban J connectivity index is 1.87. The van der Waals surface area contributed by atoms with Crippen molar-refractivity contribution in [2.24, 2.45) is 0 Å². The molecule has 1 fully saturated rings. The number of hydrogen-bond acceptors (Lipinski definition) is 3. The van der Waals surface area contributed by atoms with Gasteiger partial charge in [-0.1, -0.05) is 74.5 Å². The van der Waals surface area contributed by atoms with Crippen LogP contribution < -0.4 is 9.80 Å². The van der Waals surface area contributed by atoms with Gasteiger partial charge < -0.3 is 0 Å². The molecule has 0 radical (unpaired) electrons. The smallest absolute Gasteiger partial charge is 0.268 e. The average Bonchev–Trinajstić information content (AvgIpc) is 2.79. The van der Waals surface area contributed by atoms with E-state index in [1.54, 1.807) is 30.3 Å². The molecule has 0 saturated carbocycles. The van der Waals surface area contributed by atoms with E-state index in [1.807, 2.05) is 62.4 Å². The summed E-state index contributed by atoms with van der Waals surface area (Å²) in [6, 6.07) is 21.4. The Hall–Kier alpha value is -3.99. The molecule has 0 bridgehead atoms. The fraction of sp³-hybridized carbons (Fsp3) is 0.179. The Labute approximate surface area is 194 Å². The van der Waals surface area contributed by atoms with Crippen LogP contribution in [0.15, 0.2) is 78.4 Å². The molecule has 1 heterocycles. The van der Waals surface area contributed by atoms with Crippen molar-refractivity contribution in [1.29, 1.82) is 0 Å². The molecule has 0 N–H and O–H groups in total. The summed E-state index contributed by atoms with van der Waals surface area (Å²) in [4.78, 5) is 42.8. The van der Waals surface area contributed by atoms with E-state index in [0.29, 0.717) is 17.3 Å². The largest absolute Gasteiger partial charge is 0.343 e. The van der Waals surface area contributed by atoms with Crippen LogP contribution in [0.5, 0.6) is 0 Å². The van der Waals surface area contributed by atoms with Crippen LogP contribution in [0.1, 0.15) is 42.0 Å². The van der Waals surface area contributed by atoms with E-state index < -0.39 is 17.8 Å². The molecule has 0 aliphatic carbocycles. The lowest BCUT2D eigenvalue weighted by molar-refractivity contribution is -0.121. The third-order valence-electron chi connectivity index (χ3n) is 5.88. The highest BCUT2D eigenvalue weighted by molar-refractivity contribution is 6.46. The highest BCUT2D eigenvalue weighted by Crippen LogP contribution is 2.32. The predicted octanol–water partition coefficient (Wildman–Crippen LogP) is 6.01. The van der Waals surface area contributed by atoms with Gasteiger partial charge in [0.1, 0.15) is 5.57 Å². The number of anilines is 2. The van der Waals surface area contributed by atoms with E-state index in [-0.39, 0.29) is 5.57 Å². The predicted molar refractivity (Wildman–Crippen MR) is 131 cm³/mol. The summed E-state index contributed by atoms with van der Waals surface area (Å²) < 4.78 is 0. The number of imide groups is 2. The topological polar surface area (TPSA) is 57.7 Å². The van der Waals surface area contributed by atoms with Crippen molar-refractivity contribution in [1.82, 2.24) is 0 Å². The van der Waals surface area contributed by atoms with Crippen molar-refractivity contribution in [3.8, 4) is 0 Å². The minimum absolute atomic E-state index is 0.0570. The lowest BCUT2D eigenvalue weighted by Gasteiger charge is -2.35. The van der Waals surface area contributed by atoms with Crippen LogP contribution in [0.2, 0.25) is 0 Å². The first-order valence-corrected chi connectivity index (χ1v) is 11.0. The van der Waals surface area contributed by atoms with Crippen molar-refractivity contribution in [2.75, 3.05) is 9.80 Å². The molecule has 0 atom stereocenters. The molecule has 4 amide bonds. The molecule has 0 aromatic heterocycles. The summed E-state index contributed by atoms with van der Waals surface area (Å²) in [5, 5.41) is 0. The van der Waals surface area contributed by atoms with Gasteiger partial charge in [-0.25, -0.2) is 14.6 Å². The van der Waals surface area contributed by atoms with Gasteiger partial charge in [0.25, 0.3) is 11.8 Å². The van der Waals surface area contributed by atoms with Crippen molar-refractivity contribution >= 4 is 35.3 Å². The highest BCUT2D eigenvalue weighted by Gasteiger charge is 2.44. The highest BCUT2D eigenvalue weighted by atomic mass is 16.2. The Kier molecular flexibility index (Phi) is 5.97. The zero-order chi connectivity index (χ0) is 23.7. The Morgan fingerprint density at radius 2 is 1.12 bits per heavy atom. The first kappa shape index (κ1) is 22.2. The molecular weight excluding hydrogens is 412 g/mol. The number of benzene rings is 3. The number of carbonyl (C=O) groups is 3. The minimum atomic E-state index is -0.680. The van der Waals surface area contributed by atoms with Gasteiger partial charge >= 0.3 is 6.03 Å². The van der Waals surface area contributed by atoms with E-state index in [9.17, 15) is 14.4 Å². The zero-order valence-electron chi connectivity index (χ0n) is 19.2. The van der Waals surface area contributed by atoms with Crippen molar-refractivity contribution in [3.05, 3.63) is 101 Å². The van der Waals surface area contributed by atoms with Gasteiger partial charge in [0.15, 0.2) is 0 Å². The van der Waals surface area contributed by atoms with Crippen LogP contribution in [0, 0.1) is 13.8 Å². The molecule has 0 spiro atoms. The van der Waals surface area contributed by atoms with Crippen LogP contribution in [-0.2, 0) is 9.59 Å². The Morgan fingerprint density at radius 1 is 0.667 bits per heavy atom. The van der Waals surface area contributed by atoms with E-state index in [1.165, 1.54) is 0 Å². The summed E-state index contributed by atoms with van der Waals surface area (Å²) in [5.74, 6) is -0.885. The molecule has 1 saturated heterocycles. The summed E-state index contributed by atoms with van der Waals surface area (Å²) in [6.07, 6.45) is 1.57. The summed E-state index contributed by atoms with van der Waals surface area (Å²) in [5.41, 5.74) is 4.27. The van der Waals surface area contributed by atoms with E-state index in [2.05, 4.69) is 13.8 Å². The minimum Gasteiger partial charge on any atom is -0.268 e. The number of barbiturate groups is 1. The summed E-state index contributed by atoms with van der Waals surface area (Å²) in [6.45, 7) is 7.87. The zero-order valence-corrected chi connectivity index (χ0v) is 19.2. The van der Waals surface area contributed by atoms with Crippen LogP contribution >= 0.6 is 0 Å². The second kappa shape index (κ2) is 8.87. The van der Waals surface area contributed by atoms with Crippen molar-refractivity contribution < 1.29 is 14.4 Å². The lowest BCUT2D eigenvalue weighted by atomic mass is 9.99. The van der Waals surface area contributed by atoms with Gasteiger partial charge in [-0.2, -0.15) is 0 Å². The van der Waals surface area contributed by atoms with Crippen molar-refractivity contribution in [2.45, 2.75) is 33.6 Å². The van der Waals surface area contributed by atoms with Crippen molar-refractivity contribution in [3.63, 3.8) is 0 Å².